The molecule has 4 rings (SSSR count). The van der Waals surface area contributed by atoms with Crippen LogP contribution >= 0.6 is 0 Å². The third-order valence-corrected chi connectivity index (χ3v) is 7.52. The highest BCUT2D eigenvalue weighted by Crippen LogP contribution is 2.47. The first-order valence-corrected chi connectivity index (χ1v) is 13.2. The predicted molar refractivity (Wildman–Crippen MR) is 136 cm³/mol. The number of piperidine rings is 1. The van der Waals surface area contributed by atoms with Crippen LogP contribution in [-0.4, -0.2) is 60.3 Å². The number of ether oxygens (including phenoxy) is 2. The van der Waals surface area contributed by atoms with E-state index >= 15 is 0 Å². The molecule has 1 unspecified atom stereocenters. The van der Waals surface area contributed by atoms with Gasteiger partial charge in [0.05, 0.1) is 13.0 Å². The molecular weight excluding hydrogens is 516 g/mol. The van der Waals surface area contributed by atoms with Crippen molar-refractivity contribution in [3.63, 3.8) is 0 Å². The number of amides is 1. The fraction of sp³-hybridized carbons (Fsp3) is 0.517. The Kier molecular flexibility index (Phi) is 8.83. The van der Waals surface area contributed by atoms with E-state index in [0.29, 0.717) is 51.4 Å². The van der Waals surface area contributed by atoms with Gasteiger partial charge in [-0.05, 0) is 56.0 Å². The van der Waals surface area contributed by atoms with Crippen molar-refractivity contribution in [3.05, 3.63) is 65.5 Å². The van der Waals surface area contributed by atoms with E-state index in [-0.39, 0.29) is 18.5 Å². The normalized spacial score (nSPS) is 19.5. The van der Waals surface area contributed by atoms with E-state index in [0.717, 1.165) is 11.3 Å². The molecule has 0 aromatic heterocycles. The minimum Gasteiger partial charge on any atom is -0.493 e. The first kappa shape index (κ1) is 28.9. The Balaban J connectivity index is 1.48. The summed E-state index contributed by atoms with van der Waals surface area (Å²) in [6.07, 6.45) is -5.60. The molecule has 1 atom stereocenters. The highest BCUT2D eigenvalue weighted by atomic mass is 19.4. The molecule has 2 aliphatic rings. The number of halogens is 4. The molecule has 0 N–H and O–H groups in total. The molecule has 1 spiro atoms. The van der Waals surface area contributed by atoms with Gasteiger partial charge in [0.2, 0.25) is 5.91 Å². The van der Waals surface area contributed by atoms with Crippen molar-refractivity contribution in [3.8, 4) is 5.75 Å². The van der Waals surface area contributed by atoms with Gasteiger partial charge in [-0.3, -0.25) is 9.69 Å². The van der Waals surface area contributed by atoms with E-state index in [1.807, 2.05) is 24.3 Å². The minimum atomic E-state index is -5.19. The van der Waals surface area contributed by atoms with Crippen LogP contribution in [0.1, 0.15) is 44.2 Å². The smallest absolute Gasteiger partial charge is 0.491 e. The second kappa shape index (κ2) is 11.9. The first-order chi connectivity index (χ1) is 18.5. The third kappa shape index (κ3) is 6.90. The Labute approximate surface area is 225 Å². The molecule has 2 saturated heterocycles. The van der Waals surface area contributed by atoms with E-state index in [2.05, 4.69) is 18.7 Å². The zero-order valence-corrected chi connectivity index (χ0v) is 22.2. The summed E-state index contributed by atoms with van der Waals surface area (Å²) in [6.45, 7) is 6.56. The second-order valence-corrected chi connectivity index (χ2v) is 10.8. The van der Waals surface area contributed by atoms with Gasteiger partial charge >= 0.3 is 12.1 Å². The predicted octanol–water partition coefficient (Wildman–Crippen LogP) is 5.35. The van der Waals surface area contributed by atoms with E-state index in [1.165, 1.54) is 23.1 Å². The minimum absolute atomic E-state index is 0.134. The number of carbonyl (C=O) groups is 2. The van der Waals surface area contributed by atoms with Crippen LogP contribution < -0.4 is 4.74 Å². The zero-order chi connectivity index (χ0) is 28.2. The molecule has 0 radical (unpaired) electrons. The van der Waals surface area contributed by atoms with Crippen molar-refractivity contribution in [2.75, 3.05) is 26.2 Å². The van der Waals surface area contributed by atoms with Gasteiger partial charge in [-0.1, -0.05) is 50.2 Å². The number of likely N-dealkylation sites (tertiary alicyclic amines) is 2. The van der Waals surface area contributed by atoms with Crippen LogP contribution in [0.15, 0.2) is 48.5 Å². The highest BCUT2D eigenvalue weighted by Gasteiger charge is 2.55. The second-order valence-electron chi connectivity index (χ2n) is 10.8. The lowest BCUT2D eigenvalue weighted by atomic mass is 9.76. The number of para-hydroxylation sites is 1. The molecule has 1 amide bonds. The van der Waals surface area contributed by atoms with E-state index in [4.69, 9.17) is 9.47 Å². The molecule has 2 fully saturated rings. The van der Waals surface area contributed by atoms with E-state index in [9.17, 15) is 27.2 Å². The zero-order valence-electron chi connectivity index (χ0n) is 22.2. The summed E-state index contributed by atoms with van der Waals surface area (Å²) >= 11 is 0. The van der Waals surface area contributed by atoms with Gasteiger partial charge in [0, 0.05) is 24.1 Å². The molecule has 10 heteroatoms. The topological polar surface area (TPSA) is 59.1 Å². The molecule has 2 aliphatic heterocycles. The monoisotopic (exact) mass is 550 g/mol. The summed E-state index contributed by atoms with van der Waals surface area (Å²) in [4.78, 5) is 28.4. The third-order valence-electron chi connectivity index (χ3n) is 7.52. The molecule has 2 aromatic carbocycles. The Bertz CT molecular complexity index is 1160. The van der Waals surface area contributed by atoms with Gasteiger partial charge in [0.15, 0.2) is 6.23 Å². The lowest BCUT2D eigenvalue weighted by Gasteiger charge is -2.43. The maximum Gasteiger partial charge on any atom is 0.491 e. The van der Waals surface area contributed by atoms with Crippen LogP contribution in [0.2, 0.25) is 0 Å². The fourth-order valence-electron chi connectivity index (χ4n) is 5.36. The maximum atomic E-state index is 14.2. The quantitative estimate of drug-likeness (QED) is 0.328. The van der Waals surface area contributed by atoms with Crippen molar-refractivity contribution in [1.29, 1.82) is 0 Å². The van der Waals surface area contributed by atoms with Crippen molar-refractivity contribution in [2.45, 2.75) is 58.5 Å². The summed E-state index contributed by atoms with van der Waals surface area (Å²) in [5.74, 6) is -2.30. The molecule has 212 valence electrons. The molecule has 0 bridgehead atoms. The number of alkyl halides is 3. The van der Waals surface area contributed by atoms with Crippen molar-refractivity contribution < 1.29 is 36.6 Å². The lowest BCUT2D eigenvalue weighted by Crippen LogP contribution is -2.51. The van der Waals surface area contributed by atoms with Crippen LogP contribution in [0.3, 0.4) is 0 Å². The summed E-state index contributed by atoms with van der Waals surface area (Å²) in [5, 5.41) is 0. The number of hydrogen-bond acceptors (Lipinski definition) is 5. The molecule has 39 heavy (non-hydrogen) atoms. The van der Waals surface area contributed by atoms with Gasteiger partial charge < -0.3 is 14.4 Å². The molecular formula is C29H34F4N2O4. The van der Waals surface area contributed by atoms with Gasteiger partial charge in [0.1, 0.15) is 11.6 Å². The van der Waals surface area contributed by atoms with Crippen LogP contribution in [0.5, 0.6) is 5.75 Å². The van der Waals surface area contributed by atoms with E-state index < -0.39 is 35.5 Å². The van der Waals surface area contributed by atoms with Gasteiger partial charge in [-0.25, -0.2) is 9.18 Å². The number of rotatable bonds is 8. The number of esters is 1. The molecule has 2 aromatic rings. The highest BCUT2D eigenvalue weighted by molar-refractivity contribution is 5.80. The first-order valence-electron chi connectivity index (χ1n) is 13.2. The summed E-state index contributed by atoms with van der Waals surface area (Å²) in [7, 11) is 0. The Morgan fingerprint density at radius 2 is 1.59 bits per heavy atom. The number of benzene rings is 2. The van der Waals surface area contributed by atoms with Crippen molar-refractivity contribution >= 4 is 11.9 Å². The van der Waals surface area contributed by atoms with Crippen LogP contribution in [0.25, 0.3) is 0 Å². The molecule has 6 nitrogen and oxygen atoms in total. The van der Waals surface area contributed by atoms with Crippen LogP contribution in [0.4, 0.5) is 17.6 Å². The number of hydrogen-bond donors (Lipinski definition) is 0. The average Bonchev–Trinajstić information content (AvgIpc) is 3.23. The lowest BCUT2D eigenvalue weighted by molar-refractivity contribution is -0.219. The Morgan fingerprint density at radius 1 is 0.974 bits per heavy atom. The average molecular weight is 551 g/mol. The molecule has 0 saturated carbocycles. The Hall–Kier alpha value is -3.14. The standard InChI is InChI=1S/C29H34F4N2O4/c1-20(2)19-38-24-10-6-4-8-22(24)18-34-14-11-28(12-15-34)13-16-35(26(28)39-27(37)29(31,32)33)25(36)17-21-7-3-5-9-23(21)30/h3-10,20,26H,11-19H2,1-2H3. The fourth-order valence-corrected chi connectivity index (χ4v) is 5.36. The number of nitrogens with zero attached hydrogens (tertiary/aromatic N) is 2. The van der Waals surface area contributed by atoms with Crippen molar-refractivity contribution in [1.82, 2.24) is 9.80 Å². The maximum absolute atomic E-state index is 14.2. The number of carbonyl (C=O) groups excluding carboxylic acids is 2. The summed E-state index contributed by atoms with van der Waals surface area (Å²) < 4.78 is 64.7. The molecule has 0 aliphatic carbocycles. The van der Waals surface area contributed by atoms with Crippen LogP contribution in [-0.2, 0) is 27.3 Å². The van der Waals surface area contributed by atoms with Crippen LogP contribution in [0, 0.1) is 17.2 Å². The SMILES string of the molecule is CC(C)COc1ccccc1CN1CCC2(CC1)CCN(C(=O)Cc1ccccc1F)C2OC(=O)C(F)(F)F. The Morgan fingerprint density at radius 3 is 2.23 bits per heavy atom. The van der Waals surface area contributed by atoms with Gasteiger partial charge in [0.25, 0.3) is 0 Å². The summed E-state index contributed by atoms with van der Waals surface area (Å²) in [5.41, 5.74) is 0.343. The van der Waals surface area contributed by atoms with E-state index in [1.54, 1.807) is 6.07 Å². The molecule has 2 heterocycles. The largest absolute Gasteiger partial charge is 0.493 e. The van der Waals surface area contributed by atoms with Gasteiger partial charge in [-0.15, -0.1) is 0 Å². The van der Waals surface area contributed by atoms with Crippen molar-refractivity contribution in [2.24, 2.45) is 11.3 Å². The summed E-state index contributed by atoms with van der Waals surface area (Å²) in [6, 6.07) is 13.5. The van der Waals surface area contributed by atoms with Gasteiger partial charge in [-0.2, -0.15) is 13.2 Å².